The van der Waals surface area contributed by atoms with Crippen molar-refractivity contribution in [2.45, 2.75) is 19.4 Å². The van der Waals surface area contributed by atoms with Crippen LogP contribution in [0.25, 0.3) is 0 Å². The summed E-state index contributed by atoms with van der Waals surface area (Å²) < 4.78 is 0.754. The van der Waals surface area contributed by atoms with E-state index in [1.54, 1.807) is 25.1 Å². The predicted octanol–water partition coefficient (Wildman–Crippen LogP) is 2.60. The summed E-state index contributed by atoms with van der Waals surface area (Å²) in [6, 6.07) is 6.99. The third kappa shape index (κ3) is 3.55. The van der Waals surface area contributed by atoms with Gasteiger partial charge in [-0.2, -0.15) is 5.26 Å². The van der Waals surface area contributed by atoms with Crippen molar-refractivity contribution in [2.75, 3.05) is 5.32 Å². The van der Waals surface area contributed by atoms with Gasteiger partial charge in [0.05, 0.1) is 18.1 Å². The van der Waals surface area contributed by atoms with Gasteiger partial charge in [-0.3, -0.25) is 4.79 Å². The zero-order valence-corrected chi connectivity index (χ0v) is 10.3. The molecule has 0 aliphatic rings. The summed E-state index contributed by atoms with van der Waals surface area (Å²) in [6.07, 6.45) is 0.0481. The normalized spacial score (nSPS) is 11.6. The average Bonchev–Trinajstić information content (AvgIpc) is 2.19. The van der Waals surface area contributed by atoms with Gasteiger partial charge in [-0.1, -0.05) is 0 Å². The fourth-order valence-electron chi connectivity index (χ4n) is 1.28. The Bertz CT molecular complexity index is 440. The van der Waals surface area contributed by atoms with Crippen molar-refractivity contribution < 1.29 is 9.90 Å². The molecule has 1 unspecified atom stereocenters. The van der Waals surface area contributed by atoms with E-state index in [1.807, 2.05) is 6.07 Å². The molecule has 1 aromatic carbocycles. The van der Waals surface area contributed by atoms with E-state index in [0.29, 0.717) is 5.56 Å². The van der Waals surface area contributed by atoms with Crippen LogP contribution in [0.1, 0.15) is 18.9 Å². The van der Waals surface area contributed by atoms with Gasteiger partial charge in [-0.15, -0.1) is 0 Å². The smallest absolute Gasteiger partial charge is 0.305 e. The molecule has 1 rings (SSSR count). The molecule has 16 heavy (non-hydrogen) atoms. The maximum Gasteiger partial charge on any atom is 0.305 e. The second kappa shape index (κ2) is 5.52. The van der Waals surface area contributed by atoms with Gasteiger partial charge in [-0.05, 0) is 41.1 Å². The van der Waals surface area contributed by atoms with E-state index in [-0.39, 0.29) is 12.5 Å². The van der Waals surface area contributed by atoms with Gasteiger partial charge in [0.25, 0.3) is 0 Å². The maximum atomic E-state index is 10.5. The van der Waals surface area contributed by atoms with Gasteiger partial charge >= 0.3 is 5.97 Å². The molecule has 0 heterocycles. The summed E-state index contributed by atoms with van der Waals surface area (Å²) in [5.41, 5.74) is 1.34. The lowest BCUT2D eigenvalue weighted by atomic mass is 10.2. The Morgan fingerprint density at radius 2 is 2.38 bits per heavy atom. The van der Waals surface area contributed by atoms with Crippen LogP contribution in [0, 0.1) is 11.3 Å². The number of hydrogen-bond acceptors (Lipinski definition) is 3. The first-order chi connectivity index (χ1) is 7.52. The van der Waals surface area contributed by atoms with Crippen LogP contribution in [0.2, 0.25) is 0 Å². The molecule has 4 nitrogen and oxygen atoms in total. The summed E-state index contributed by atoms with van der Waals surface area (Å²) in [5.74, 6) is -0.843. The van der Waals surface area contributed by atoms with Gasteiger partial charge < -0.3 is 10.4 Å². The third-order valence-corrected chi connectivity index (χ3v) is 2.64. The number of nitriles is 1. The highest BCUT2D eigenvalue weighted by molar-refractivity contribution is 9.10. The number of carbonyl (C=O) groups is 1. The molecule has 0 aromatic heterocycles. The summed E-state index contributed by atoms with van der Waals surface area (Å²) in [6.45, 7) is 1.79. The van der Waals surface area contributed by atoms with E-state index in [2.05, 4.69) is 21.2 Å². The lowest BCUT2D eigenvalue weighted by molar-refractivity contribution is -0.137. The first kappa shape index (κ1) is 12.5. The number of hydrogen-bond donors (Lipinski definition) is 2. The molecule has 1 aromatic rings. The van der Waals surface area contributed by atoms with Crippen molar-refractivity contribution in [3.8, 4) is 6.07 Å². The second-order valence-electron chi connectivity index (χ2n) is 3.45. The highest BCUT2D eigenvalue weighted by atomic mass is 79.9. The van der Waals surface area contributed by atoms with Crippen molar-refractivity contribution in [2.24, 2.45) is 0 Å². The van der Waals surface area contributed by atoms with Crippen LogP contribution in [0.5, 0.6) is 0 Å². The van der Waals surface area contributed by atoms with Crippen LogP contribution in [0.15, 0.2) is 22.7 Å². The van der Waals surface area contributed by atoms with Crippen molar-refractivity contribution in [1.82, 2.24) is 0 Å². The Labute approximate surface area is 102 Å². The lowest BCUT2D eigenvalue weighted by Crippen LogP contribution is -2.19. The molecule has 1 atom stereocenters. The van der Waals surface area contributed by atoms with Gasteiger partial charge in [-0.25, -0.2) is 0 Å². The molecule has 0 amide bonds. The summed E-state index contributed by atoms with van der Waals surface area (Å²) in [7, 11) is 0. The van der Waals surface area contributed by atoms with E-state index in [0.717, 1.165) is 10.2 Å². The summed E-state index contributed by atoms with van der Waals surface area (Å²) >= 11 is 3.32. The van der Waals surface area contributed by atoms with Crippen LogP contribution in [-0.2, 0) is 4.79 Å². The Hall–Kier alpha value is -1.54. The molecule has 84 valence electrons. The van der Waals surface area contributed by atoms with Gasteiger partial charge in [0.1, 0.15) is 0 Å². The number of halogens is 1. The summed E-state index contributed by atoms with van der Waals surface area (Å²) in [5, 5.41) is 20.4. The van der Waals surface area contributed by atoms with Crippen LogP contribution in [0.3, 0.4) is 0 Å². The zero-order chi connectivity index (χ0) is 12.1. The highest BCUT2D eigenvalue weighted by Crippen LogP contribution is 2.24. The Morgan fingerprint density at radius 3 is 2.88 bits per heavy atom. The number of benzene rings is 1. The van der Waals surface area contributed by atoms with E-state index < -0.39 is 5.97 Å². The van der Waals surface area contributed by atoms with Crippen LogP contribution < -0.4 is 5.32 Å². The number of anilines is 1. The highest BCUT2D eigenvalue weighted by Gasteiger charge is 2.09. The zero-order valence-electron chi connectivity index (χ0n) is 8.70. The predicted molar refractivity (Wildman–Crippen MR) is 64.2 cm³/mol. The van der Waals surface area contributed by atoms with Crippen molar-refractivity contribution in [3.05, 3.63) is 28.2 Å². The minimum absolute atomic E-state index is 0.0481. The molecule has 0 aliphatic carbocycles. The first-order valence-corrected chi connectivity index (χ1v) is 5.50. The molecule has 0 saturated carbocycles. The molecular formula is C11H11BrN2O2. The first-order valence-electron chi connectivity index (χ1n) is 4.71. The van der Waals surface area contributed by atoms with Gasteiger partial charge in [0, 0.05) is 16.2 Å². The monoisotopic (exact) mass is 282 g/mol. The van der Waals surface area contributed by atoms with E-state index in [4.69, 9.17) is 10.4 Å². The molecule has 0 aliphatic heterocycles. The van der Waals surface area contributed by atoms with E-state index in [1.165, 1.54) is 0 Å². The lowest BCUT2D eigenvalue weighted by Gasteiger charge is -2.14. The number of nitrogens with one attached hydrogen (secondary N) is 1. The van der Waals surface area contributed by atoms with Gasteiger partial charge in [0.15, 0.2) is 0 Å². The fourth-order valence-corrected chi connectivity index (χ4v) is 1.77. The number of carboxylic acid groups (broad SMARTS) is 1. The SMILES string of the molecule is CC(CC(=O)O)Nc1ccc(C#N)cc1Br. The minimum Gasteiger partial charge on any atom is -0.481 e. The third-order valence-electron chi connectivity index (χ3n) is 1.98. The molecule has 0 saturated heterocycles. The van der Waals surface area contributed by atoms with Crippen LogP contribution >= 0.6 is 15.9 Å². The van der Waals surface area contributed by atoms with Crippen LogP contribution in [0.4, 0.5) is 5.69 Å². The maximum absolute atomic E-state index is 10.5. The average molecular weight is 283 g/mol. The molecule has 2 N–H and O–H groups in total. The molecule has 0 fully saturated rings. The number of rotatable bonds is 4. The number of aliphatic carboxylic acids is 1. The number of nitrogens with zero attached hydrogens (tertiary/aromatic N) is 1. The molecule has 0 bridgehead atoms. The topological polar surface area (TPSA) is 73.1 Å². The van der Waals surface area contributed by atoms with Crippen molar-refractivity contribution >= 4 is 27.6 Å². The van der Waals surface area contributed by atoms with Crippen molar-refractivity contribution in [1.29, 1.82) is 5.26 Å². The fraction of sp³-hybridized carbons (Fsp3) is 0.273. The molecule has 0 spiro atoms. The Kier molecular flexibility index (Phi) is 4.32. The Morgan fingerprint density at radius 1 is 1.69 bits per heavy atom. The summed E-state index contributed by atoms with van der Waals surface area (Å²) in [4.78, 5) is 10.5. The van der Waals surface area contributed by atoms with Crippen molar-refractivity contribution in [3.63, 3.8) is 0 Å². The van der Waals surface area contributed by atoms with E-state index >= 15 is 0 Å². The van der Waals surface area contributed by atoms with Gasteiger partial charge in [0.2, 0.25) is 0 Å². The van der Waals surface area contributed by atoms with E-state index in [9.17, 15) is 4.79 Å². The molecular weight excluding hydrogens is 272 g/mol. The minimum atomic E-state index is -0.843. The molecule has 0 radical (unpaired) electrons. The number of carboxylic acids is 1. The molecule has 5 heteroatoms. The Balaban J connectivity index is 2.75. The second-order valence-corrected chi connectivity index (χ2v) is 4.30. The van der Waals surface area contributed by atoms with Crippen LogP contribution in [-0.4, -0.2) is 17.1 Å². The standard InChI is InChI=1S/C11H11BrN2O2/c1-7(4-11(15)16)14-10-3-2-8(6-13)5-9(10)12/h2-3,5,7,14H,4H2,1H3,(H,15,16). The largest absolute Gasteiger partial charge is 0.481 e. The quantitative estimate of drug-likeness (QED) is 0.890.